The first kappa shape index (κ1) is 25.4. The van der Waals surface area contributed by atoms with Gasteiger partial charge in [-0.15, -0.1) is 0 Å². The van der Waals surface area contributed by atoms with Gasteiger partial charge in [0.1, 0.15) is 29.2 Å². The molecule has 0 saturated heterocycles. The van der Waals surface area contributed by atoms with Crippen molar-refractivity contribution < 1.29 is 28.9 Å². The van der Waals surface area contributed by atoms with Gasteiger partial charge in [0.15, 0.2) is 0 Å². The van der Waals surface area contributed by atoms with E-state index in [1.54, 1.807) is 37.4 Å². The fourth-order valence-electron chi connectivity index (χ4n) is 2.74. The highest BCUT2D eigenvalue weighted by Gasteiger charge is 2.14. The van der Waals surface area contributed by atoms with E-state index in [9.17, 15) is 9.59 Å². The molecule has 174 valence electrons. The fraction of sp³-hybridized carbons (Fsp3) is 0.240. The quantitative estimate of drug-likeness (QED) is 0.456. The number of carbonyl (C=O) groups is 2. The third kappa shape index (κ3) is 7.93. The molecule has 8 nitrogen and oxygen atoms in total. The molecule has 0 saturated carbocycles. The highest BCUT2D eigenvalue weighted by atomic mass is 16.5. The number of carbonyl (C=O) groups excluding carboxylic acids is 1. The minimum atomic E-state index is -1.09. The molecule has 1 heterocycles. The van der Waals surface area contributed by atoms with Gasteiger partial charge in [-0.05, 0) is 43.3 Å². The van der Waals surface area contributed by atoms with E-state index in [0.29, 0.717) is 23.9 Å². The van der Waals surface area contributed by atoms with E-state index < -0.39 is 11.9 Å². The van der Waals surface area contributed by atoms with Crippen LogP contribution in [0.5, 0.6) is 17.2 Å². The second-order valence-electron chi connectivity index (χ2n) is 6.68. The number of anilines is 1. The van der Waals surface area contributed by atoms with Crippen LogP contribution < -0.4 is 14.8 Å². The van der Waals surface area contributed by atoms with Crippen molar-refractivity contribution in [1.29, 1.82) is 0 Å². The molecule has 1 aromatic heterocycles. The van der Waals surface area contributed by atoms with Gasteiger partial charge in [0, 0.05) is 24.9 Å². The van der Waals surface area contributed by atoms with Crippen LogP contribution in [0.1, 0.15) is 41.5 Å². The van der Waals surface area contributed by atoms with E-state index in [4.69, 9.17) is 19.3 Å². The average Bonchev–Trinajstić information content (AvgIpc) is 2.81. The van der Waals surface area contributed by atoms with Crippen molar-refractivity contribution in [3.05, 3.63) is 78.0 Å². The molecule has 8 heteroatoms. The number of pyridine rings is 1. The number of nitrogens with one attached hydrogen (secondary N) is 1. The molecule has 33 heavy (non-hydrogen) atoms. The van der Waals surface area contributed by atoms with Gasteiger partial charge in [-0.2, -0.15) is 0 Å². The normalized spacial score (nSPS) is 10.9. The Morgan fingerprint density at radius 3 is 2.27 bits per heavy atom. The van der Waals surface area contributed by atoms with Gasteiger partial charge in [0.25, 0.3) is 5.91 Å². The zero-order valence-electron chi connectivity index (χ0n) is 19.1. The molecule has 0 aliphatic heterocycles. The van der Waals surface area contributed by atoms with Crippen LogP contribution in [-0.4, -0.2) is 41.8 Å². The zero-order valence-corrected chi connectivity index (χ0v) is 19.1. The molecule has 1 atom stereocenters. The second-order valence-corrected chi connectivity index (χ2v) is 6.68. The van der Waals surface area contributed by atoms with Gasteiger partial charge in [0.05, 0.1) is 12.2 Å². The van der Waals surface area contributed by atoms with Gasteiger partial charge in [-0.1, -0.05) is 32.0 Å². The van der Waals surface area contributed by atoms with Crippen molar-refractivity contribution >= 4 is 17.7 Å². The van der Waals surface area contributed by atoms with E-state index in [2.05, 4.69) is 10.3 Å². The number of hydrogen-bond donors (Lipinski definition) is 2. The monoisotopic (exact) mass is 452 g/mol. The van der Waals surface area contributed by atoms with Crippen LogP contribution in [0.25, 0.3) is 0 Å². The molecule has 3 rings (SSSR count). The lowest BCUT2D eigenvalue weighted by atomic mass is 10.1. The van der Waals surface area contributed by atoms with Crippen molar-refractivity contribution in [1.82, 2.24) is 4.98 Å². The molecule has 0 unspecified atom stereocenters. The van der Waals surface area contributed by atoms with Crippen molar-refractivity contribution in [2.75, 3.05) is 19.0 Å². The summed E-state index contributed by atoms with van der Waals surface area (Å²) in [4.78, 5) is 27.7. The summed E-state index contributed by atoms with van der Waals surface area (Å²) in [5.74, 6) is 0.160. The largest absolute Gasteiger partial charge is 0.488 e. The summed E-state index contributed by atoms with van der Waals surface area (Å²) < 4.78 is 16.8. The van der Waals surface area contributed by atoms with Gasteiger partial charge in [-0.3, -0.25) is 4.79 Å². The molecule has 0 bridgehead atoms. The van der Waals surface area contributed by atoms with Crippen LogP contribution in [0.2, 0.25) is 0 Å². The Kier molecular flexibility index (Phi) is 9.85. The highest BCUT2D eigenvalue weighted by Crippen LogP contribution is 2.28. The first-order valence-electron chi connectivity index (χ1n) is 10.5. The molecule has 3 aromatic rings. The van der Waals surface area contributed by atoms with E-state index in [-0.39, 0.29) is 23.0 Å². The SMILES string of the molecule is CC.COC[C@H](C)Oc1cc(Oc2ccccc2)cc(C(=O)Nc2ccc(C(=O)O)cn2)c1. The standard InChI is InChI=1S/C23H22N2O6.C2H6/c1-15(14-29-2)30-19-10-17(11-20(12-19)31-18-6-4-3-5-7-18)22(26)25-21-9-8-16(13-24-21)23(27)28;1-2/h3-13,15H,14H2,1-2H3,(H,27,28)(H,24,25,26);1-2H3/t15-;/m0./s1. The van der Waals surface area contributed by atoms with Crippen molar-refractivity contribution in [3.63, 3.8) is 0 Å². The number of hydrogen-bond acceptors (Lipinski definition) is 6. The topological polar surface area (TPSA) is 107 Å². The van der Waals surface area contributed by atoms with Crippen LogP contribution in [-0.2, 0) is 4.74 Å². The zero-order chi connectivity index (χ0) is 24.2. The summed E-state index contributed by atoms with van der Waals surface area (Å²) >= 11 is 0. The molecular weight excluding hydrogens is 424 g/mol. The molecule has 0 aliphatic rings. The molecule has 0 fully saturated rings. The summed E-state index contributed by atoms with van der Waals surface area (Å²) in [5, 5.41) is 11.6. The summed E-state index contributed by atoms with van der Waals surface area (Å²) in [6.45, 7) is 6.23. The number of aromatic carboxylic acids is 1. The van der Waals surface area contributed by atoms with Crippen LogP contribution in [0.15, 0.2) is 66.9 Å². The molecule has 0 aliphatic carbocycles. The molecule has 2 aromatic carbocycles. The minimum absolute atomic E-state index is 0.0269. The van der Waals surface area contributed by atoms with Crippen molar-refractivity contribution in [2.24, 2.45) is 0 Å². The third-order valence-electron chi connectivity index (χ3n) is 4.11. The van der Waals surface area contributed by atoms with Crippen LogP contribution >= 0.6 is 0 Å². The molecular formula is C25H28N2O6. The maximum atomic E-state index is 12.8. The number of ether oxygens (including phenoxy) is 3. The summed E-state index contributed by atoms with van der Waals surface area (Å²) in [7, 11) is 1.58. The minimum Gasteiger partial charge on any atom is -0.488 e. The molecule has 2 N–H and O–H groups in total. The lowest BCUT2D eigenvalue weighted by Crippen LogP contribution is -2.19. The Bertz CT molecular complexity index is 1040. The third-order valence-corrected chi connectivity index (χ3v) is 4.11. The van der Waals surface area contributed by atoms with Crippen LogP contribution in [0, 0.1) is 0 Å². The van der Waals surface area contributed by atoms with Gasteiger partial charge < -0.3 is 24.6 Å². The number of methoxy groups -OCH3 is 1. The van der Waals surface area contributed by atoms with E-state index in [1.165, 1.54) is 18.3 Å². The predicted molar refractivity (Wildman–Crippen MR) is 125 cm³/mol. The maximum absolute atomic E-state index is 12.8. The Morgan fingerprint density at radius 1 is 0.970 bits per heavy atom. The first-order chi connectivity index (χ1) is 15.9. The highest BCUT2D eigenvalue weighted by molar-refractivity contribution is 6.04. The summed E-state index contributed by atoms with van der Waals surface area (Å²) in [6, 6.07) is 16.8. The second kappa shape index (κ2) is 12.8. The Morgan fingerprint density at radius 2 is 1.67 bits per heavy atom. The van der Waals surface area contributed by atoms with Gasteiger partial charge >= 0.3 is 5.97 Å². The van der Waals surface area contributed by atoms with E-state index >= 15 is 0 Å². The van der Waals surface area contributed by atoms with Gasteiger partial charge in [-0.25, -0.2) is 9.78 Å². The number of carboxylic acids is 1. The van der Waals surface area contributed by atoms with Crippen molar-refractivity contribution in [2.45, 2.75) is 26.9 Å². The lowest BCUT2D eigenvalue weighted by molar-refractivity contribution is 0.0696. The summed E-state index contributed by atoms with van der Waals surface area (Å²) in [6.07, 6.45) is 0.937. The number of benzene rings is 2. The van der Waals surface area contributed by atoms with Crippen LogP contribution in [0.4, 0.5) is 5.82 Å². The average molecular weight is 453 g/mol. The molecule has 0 radical (unpaired) electrons. The van der Waals surface area contributed by atoms with Gasteiger partial charge in [0.2, 0.25) is 0 Å². The first-order valence-corrected chi connectivity index (χ1v) is 10.5. The maximum Gasteiger partial charge on any atom is 0.337 e. The fourth-order valence-corrected chi connectivity index (χ4v) is 2.74. The Hall–Kier alpha value is -3.91. The number of nitrogens with zero attached hydrogens (tertiary/aromatic N) is 1. The predicted octanol–water partition coefficient (Wildman–Crippen LogP) is 5.26. The number of para-hydroxylation sites is 1. The molecule has 0 spiro atoms. The summed E-state index contributed by atoms with van der Waals surface area (Å²) in [5.41, 5.74) is 0.316. The van der Waals surface area contributed by atoms with E-state index in [0.717, 1.165) is 0 Å². The number of carboxylic acid groups (broad SMARTS) is 1. The lowest BCUT2D eigenvalue weighted by Gasteiger charge is -2.16. The number of rotatable bonds is 9. The number of amides is 1. The van der Waals surface area contributed by atoms with Crippen LogP contribution in [0.3, 0.4) is 0 Å². The van der Waals surface area contributed by atoms with Crippen molar-refractivity contribution in [3.8, 4) is 17.2 Å². The Labute approximate surface area is 193 Å². The molecule has 1 amide bonds. The smallest absolute Gasteiger partial charge is 0.337 e. The Balaban J connectivity index is 0.00000187. The number of aromatic nitrogens is 1. The van der Waals surface area contributed by atoms with E-state index in [1.807, 2.05) is 39.0 Å².